The second-order valence-corrected chi connectivity index (χ2v) is 13.2. The van der Waals surface area contributed by atoms with Gasteiger partial charge in [0.1, 0.15) is 11.6 Å². The summed E-state index contributed by atoms with van der Waals surface area (Å²) < 4.78 is 32.3. The van der Waals surface area contributed by atoms with E-state index in [-0.39, 0.29) is 11.0 Å². The van der Waals surface area contributed by atoms with E-state index >= 15 is 0 Å². The third kappa shape index (κ3) is 5.75. The number of benzene rings is 2. The average Bonchev–Trinajstić information content (AvgIpc) is 3.40. The maximum absolute atomic E-state index is 13.0. The zero-order valence-electron chi connectivity index (χ0n) is 23.6. The molecule has 2 aromatic heterocycles. The minimum absolute atomic E-state index is 0.0249. The molecule has 0 radical (unpaired) electrons. The van der Waals surface area contributed by atoms with Gasteiger partial charge in [0, 0.05) is 6.04 Å². The number of aromatic nitrogens is 4. The first kappa shape index (κ1) is 27.9. The van der Waals surface area contributed by atoms with Gasteiger partial charge in [0.2, 0.25) is 5.95 Å². The number of fused-ring (bicyclic) bond motifs is 1. The predicted octanol–water partition coefficient (Wildman–Crippen LogP) is 5.93. The molecular weight excluding hydrogens is 526 g/mol. The van der Waals surface area contributed by atoms with Crippen LogP contribution in [0.5, 0.6) is 5.75 Å². The van der Waals surface area contributed by atoms with Crippen molar-refractivity contribution >= 4 is 44.0 Å². The van der Waals surface area contributed by atoms with E-state index in [9.17, 15) is 8.42 Å². The fraction of sp³-hybridized carbons (Fsp3) is 0.414. The largest absolute Gasteiger partial charge is 0.489 e. The number of anilines is 4. The van der Waals surface area contributed by atoms with Crippen LogP contribution < -0.4 is 20.7 Å². The van der Waals surface area contributed by atoms with Gasteiger partial charge in [0.15, 0.2) is 15.5 Å². The smallest absolute Gasteiger partial charge is 0.231 e. The summed E-state index contributed by atoms with van der Waals surface area (Å²) in [6.07, 6.45) is 5.08. The first-order valence-electron chi connectivity index (χ1n) is 13.8. The maximum atomic E-state index is 13.0. The van der Waals surface area contributed by atoms with Gasteiger partial charge in [-0.25, -0.2) is 8.42 Å². The molecule has 4 N–H and O–H groups in total. The van der Waals surface area contributed by atoms with Crippen LogP contribution in [-0.2, 0) is 9.84 Å². The summed E-state index contributed by atoms with van der Waals surface area (Å²) in [7, 11) is -3.53. The quantitative estimate of drug-likeness (QED) is 0.195. The monoisotopic (exact) mass is 563 g/mol. The lowest BCUT2D eigenvalue weighted by atomic mass is 9.93. The van der Waals surface area contributed by atoms with Crippen LogP contribution in [0.15, 0.2) is 47.5 Å². The molecule has 3 heterocycles. The maximum Gasteiger partial charge on any atom is 0.231 e. The molecule has 1 saturated heterocycles. The second kappa shape index (κ2) is 11.4. The van der Waals surface area contributed by atoms with Crippen molar-refractivity contribution in [2.45, 2.75) is 76.2 Å². The Balaban J connectivity index is 1.53. The van der Waals surface area contributed by atoms with Gasteiger partial charge in [0.05, 0.1) is 39.2 Å². The van der Waals surface area contributed by atoms with Crippen LogP contribution in [0.4, 0.5) is 23.1 Å². The van der Waals surface area contributed by atoms with Crippen molar-refractivity contribution in [3.8, 4) is 5.75 Å². The van der Waals surface area contributed by atoms with Gasteiger partial charge in [-0.3, -0.25) is 5.10 Å². The summed E-state index contributed by atoms with van der Waals surface area (Å²) in [6.45, 7) is 10.5. The van der Waals surface area contributed by atoms with Crippen LogP contribution in [0.3, 0.4) is 0 Å². The van der Waals surface area contributed by atoms with Crippen LogP contribution in [-0.4, -0.2) is 46.5 Å². The Morgan fingerprint density at radius 3 is 2.55 bits per heavy atom. The number of aromatic amines is 1. The van der Waals surface area contributed by atoms with Gasteiger partial charge in [0.25, 0.3) is 0 Å². The molecule has 1 aliphatic rings. The van der Waals surface area contributed by atoms with E-state index in [1.807, 2.05) is 13.8 Å². The Morgan fingerprint density at radius 1 is 1.02 bits per heavy atom. The molecule has 0 bridgehead atoms. The van der Waals surface area contributed by atoms with Crippen LogP contribution in [0, 0.1) is 6.92 Å². The predicted molar refractivity (Wildman–Crippen MR) is 159 cm³/mol. The minimum atomic E-state index is -3.53. The molecule has 10 nitrogen and oxygen atoms in total. The lowest BCUT2D eigenvalue weighted by molar-refractivity contribution is 0.243. The summed E-state index contributed by atoms with van der Waals surface area (Å²) in [5.74, 6) is 1.47. The van der Waals surface area contributed by atoms with Crippen molar-refractivity contribution in [3.05, 3.63) is 53.7 Å². The van der Waals surface area contributed by atoms with E-state index in [1.165, 1.54) is 18.4 Å². The minimum Gasteiger partial charge on any atom is -0.489 e. The van der Waals surface area contributed by atoms with Gasteiger partial charge >= 0.3 is 0 Å². The van der Waals surface area contributed by atoms with E-state index in [0.29, 0.717) is 34.5 Å². The van der Waals surface area contributed by atoms with Crippen LogP contribution in [0.1, 0.15) is 64.1 Å². The fourth-order valence-electron chi connectivity index (χ4n) is 4.95. The first-order chi connectivity index (χ1) is 19.1. The molecule has 0 amide bonds. The molecule has 2 aromatic carbocycles. The highest BCUT2D eigenvalue weighted by Gasteiger charge is 2.24. The SMILES string of the molecule is Cc1cc(Nc2nc(Nc3ccccc3S(=O)(=O)C(C)C)c3cn[nH]c3n2)c(OC(C)C)cc1C1CCCCN1. The molecular formula is C29H37N7O3S. The first-order valence-corrected chi connectivity index (χ1v) is 15.3. The Hall–Kier alpha value is -3.70. The molecule has 0 spiro atoms. The van der Waals surface area contributed by atoms with Crippen molar-refractivity contribution in [1.82, 2.24) is 25.5 Å². The lowest BCUT2D eigenvalue weighted by Gasteiger charge is -2.27. The van der Waals surface area contributed by atoms with Gasteiger partial charge in [-0.05, 0) is 89.4 Å². The van der Waals surface area contributed by atoms with E-state index < -0.39 is 15.1 Å². The molecule has 0 saturated carbocycles. The zero-order chi connectivity index (χ0) is 28.4. The van der Waals surface area contributed by atoms with Gasteiger partial charge in [-0.1, -0.05) is 18.6 Å². The number of sulfone groups is 1. The van der Waals surface area contributed by atoms with E-state index in [2.05, 4.69) is 50.2 Å². The number of nitrogens with one attached hydrogen (secondary N) is 4. The number of piperidine rings is 1. The Morgan fingerprint density at radius 2 is 1.82 bits per heavy atom. The summed E-state index contributed by atoms with van der Waals surface area (Å²) in [5.41, 5.74) is 4.07. The average molecular weight is 564 g/mol. The number of H-pyrrole nitrogens is 1. The third-order valence-corrected chi connectivity index (χ3v) is 9.25. The van der Waals surface area contributed by atoms with E-state index in [4.69, 9.17) is 9.72 Å². The molecule has 4 aromatic rings. The van der Waals surface area contributed by atoms with Gasteiger partial charge in [-0.2, -0.15) is 15.1 Å². The molecule has 1 fully saturated rings. The van der Waals surface area contributed by atoms with Crippen molar-refractivity contribution in [3.63, 3.8) is 0 Å². The standard InChI is InChI=1S/C29H37N7O3S/c1-17(2)39-25-15-20(22-10-8-9-13-30-22)19(5)14-24(25)33-29-34-27(21-16-31-36-28(21)35-29)32-23-11-6-7-12-26(23)40(37,38)18(3)4/h6-7,11-12,14-18,22,30H,8-10,13H2,1-5H3,(H3,31,32,33,34,35,36). The molecule has 40 heavy (non-hydrogen) atoms. The highest BCUT2D eigenvalue weighted by Crippen LogP contribution is 2.37. The summed E-state index contributed by atoms with van der Waals surface area (Å²) in [4.78, 5) is 9.58. The number of hydrogen-bond acceptors (Lipinski definition) is 9. The van der Waals surface area contributed by atoms with E-state index in [0.717, 1.165) is 30.0 Å². The van der Waals surface area contributed by atoms with Crippen molar-refractivity contribution in [2.24, 2.45) is 0 Å². The summed E-state index contributed by atoms with van der Waals surface area (Å²) in [5, 5.41) is 17.3. The third-order valence-electron chi connectivity index (χ3n) is 7.04. The Bertz CT molecular complexity index is 1610. The fourth-order valence-corrected chi connectivity index (χ4v) is 6.15. The molecule has 0 aliphatic carbocycles. The molecule has 11 heteroatoms. The highest BCUT2D eigenvalue weighted by atomic mass is 32.2. The normalized spacial score (nSPS) is 16.0. The zero-order valence-corrected chi connectivity index (χ0v) is 24.4. The van der Waals surface area contributed by atoms with Crippen LogP contribution in [0.2, 0.25) is 0 Å². The molecule has 1 aliphatic heterocycles. The van der Waals surface area contributed by atoms with E-state index in [1.54, 1.807) is 44.3 Å². The molecule has 1 unspecified atom stereocenters. The number of ether oxygens (including phenoxy) is 1. The molecule has 5 rings (SSSR count). The summed E-state index contributed by atoms with van der Waals surface area (Å²) >= 11 is 0. The number of aryl methyl sites for hydroxylation is 1. The van der Waals surface area contributed by atoms with Gasteiger partial charge < -0.3 is 20.7 Å². The van der Waals surface area contributed by atoms with Crippen molar-refractivity contribution in [2.75, 3.05) is 17.2 Å². The molecule has 1 atom stereocenters. The lowest BCUT2D eigenvalue weighted by Crippen LogP contribution is -2.27. The number of nitrogens with zero attached hydrogens (tertiary/aromatic N) is 3. The summed E-state index contributed by atoms with van der Waals surface area (Å²) in [6, 6.07) is 11.3. The number of rotatable bonds is 9. The Labute approximate surface area is 235 Å². The number of hydrogen-bond donors (Lipinski definition) is 4. The number of para-hydroxylation sites is 1. The van der Waals surface area contributed by atoms with Crippen molar-refractivity contribution < 1.29 is 13.2 Å². The topological polar surface area (TPSA) is 134 Å². The second-order valence-electron chi connectivity index (χ2n) is 10.7. The van der Waals surface area contributed by atoms with Gasteiger partial charge in [-0.15, -0.1) is 0 Å². The molecule has 212 valence electrons. The Kier molecular flexibility index (Phi) is 7.95. The van der Waals surface area contributed by atoms with Crippen LogP contribution >= 0.6 is 0 Å². The van der Waals surface area contributed by atoms with Crippen LogP contribution in [0.25, 0.3) is 11.0 Å². The highest BCUT2D eigenvalue weighted by molar-refractivity contribution is 7.92. The van der Waals surface area contributed by atoms with Crippen molar-refractivity contribution in [1.29, 1.82) is 0 Å².